The number of nitrogens with two attached hydrogens (primary N) is 5. The fourth-order valence-corrected chi connectivity index (χ4v) is 15.9. The summed E-state index contributed by atoms with van der Waals surface area (Å²) >= 11 is 5.96. The molecule has 0 saturated carbocycles. The molecule has 0 aromatic heterocycles. The summed E-state index contributed by atoms with van der Waals surface area (Å²) in [7, 11) is 0. The zero-order valence-electron chi connectivity index (χ0n) is 70.6. The number of aliphatic hydroxyl groups is 1. The van der Waals surface area contributed by atoms with Crippen LogP contribution < -0.4 is 33.4 Å². The molecular weight excluding hydrogens is 1670 g/mol. The summed E-state index contributed by atoms with van der Waals surface area (Å²) in [6.45, 7) is 2.17. The minimum Gasteiger partial charge on any atom is -0.493 e. The van der Waals surface area contributed by atoms with Gasteiger partial charge in [-0.15, -0.1) is 6.42 Å². The molecule has 18 aromatic rings. The molecule has 0 aliphatic heterocycles. The van der Waals surface area contributed by atoms with Crippen LogP contribution in [0.5, 0.6) is 5.75 Å². The van der Waals surface area contributed by atoms with Crippen molar-refractivity contribution in [2.24, 2.45) is 33.8 Å². The molecule has 18 aromatic carbocycles. The summed E-state index contributed by atoms with van der Waals surface area (Å²) in [6, 6.07) is 110. The van der Waals surface area contributed by atoms with Gasteiger partial charge in [0.15, 0.2) is 5.78 Å². The number of aliphatic hydroxyl groups excluding tert-OH is 1. The van der Waals surface area contributed by atoms with E-state index in [9.17, 15) is 41.9 Å². The van der Waals surface area contributed by atoms with Crippen LogP contribution in [0.4, 0.5) is 13.2 Å². The van der Waals surface area contributed by atoms with Gasteiger partial charge in [-0.1, -0.05) is 314 Å². The first-order chi connectivity index (χ1) is 63.5. The van der Waals surface area contributed by atoms with Crippen molar-refractivity contribution in [3.8, 4) is 84.9 Å². The highest BCUT2D eigenvalue weighted by Crippen LogP contribution is 2.40. The number of hydrogen-bond donors (Lipinski definition) is 6. The average molecular weight is 1750 g/mol. The second kappa shape index (κ2) is 43.4. The van der Waals surface area contributed by atoms with Crippen molar-refractivity contribution in [1.82, 2.24) is 0 Å². The van der Waals surface area contributed by atoms with Gasteiger partial charge in [-0.3, -0.25) is 28.8 Å². The first-order valence-corrected chi connectivity index (χ1v) is 41.5. The number of halogens is 4. The van der Waals surface area contributed by atoms with Crippen LogP contribution in [0.25, 0.3) is 142 Å². The molecule has 131 heavy (non-hydrogen) atoms. The van der Waals surface area contributed by atoms with E-state index < -0.39 is 59.4 Å². The van der Waals surface area contributed by atoms with E-state index in [2.05, 4.69) is 15.9 Å². The second-order valence-electron chi connectivity index (χ2n) is 29.8. The summed E-state index contributed by atoms with van der Waals surface area (Å²) in [5.74, 6) is -2.06. The van der Waals surface area contributed by atoms with E-state index in [1.165, 1.54) is 30.3 Å². The highest BCUT2D eigenvalue weighted by atomic mass is 35.5. The Balaban J connectivity index is 0.000000134. The number of terminal acetylenes is 1. The van der Waals surface area contributed by atoms with Crippen LogP contribution in [0.3, 0.4) is 0 Å². The second-order valence-corrected chi connectivity index (χ2v) is 30.2. The zero-order chi connectivity index (χ0) is 92.6. The molecule has 0 fully saturated rings. The SMILES string of the molecule is C#CCOCc1ccc(-c2cccc3ccccc23)c(C(N)=O)c1.Cc1ccc(F)c(C(N)=O)c1-c1cccc2ccccc12.NC(=O)c1cc(Cl)ccc1-c1cccc2ccccc12.NC(=O)c1ccc(F)cc1-c1cccc2ccccc12.O=C(CO)c1c(F)cccc1-c1cccc2ccccc12.[N-]=[N+]=NCCOc1ccc(-c2cccc3ccccc23)c(C(N)=O)c1. The van der Waals surface area contributed by atoms with Gasteiger partial charge in [0.2, 0.25) is 23.6 Å². The first-order valence-electron chi connectivity index (χ1n) is 41.2. The molecule has 0 spiro atoms. The average Bonchev–Trinajstić information content (AvgIpc) is 0.754. The molecule has 0 heterocycles. The van der Waals surface area contributed by atoms with E-state index in [-0.39, 0.29) is 30.9 Å². The van der Waals surface area contributed by atoms with E-state index in [0.29, 0.717) is 56.3 Å². The van der Waals surface area contributed by atoms with E-state index in [4.69, 9.17) is 66.8 Å². The molecule has 0 bridgehead atoms. The van der Waals surface area contributed by atoms with Crippen molar-refractivity contribution in [3.63, 3.8) is 0 Å². The van der Waals surface area contributed by atoms with Crippen molar-refractivity contribution in [2.45, 2.75) is 13.5 Å². The summed E-state index contributed by atoms with van der Waals surface area (Å²) in [6.07, 6.45) is 5.17. The lowest BCUT2D eigenvalue weighted by Gasteiger charge is -2.14. The van der Waals surface area contributed by atoms with Gasteiger partial charge in [0.05, 0.1) is 36.4 Å². The minimum absolute atomic E-state index is 0.0497. The number of nitrogens with zero attached hydrogens (tertiary/aromatic N) is 3. The predicted octanol–water partition coefficient (Wildman–Crippen LogP) is 23.9. The van der Waals surface area contributed by atoms with Gasteiger partial charge >= 0.3 is 0 Å². The number of carbonyl (C=O) groups is 6. The molecule has 0 atom stereocenters. The van der Waals surface area contributed by atoms with Crippen LogP contribution in [0.2, 0.25) is 5.02 Å². The largest absolute Gasteiger partial charge is 0.493 e. The third kappa shape index (κ3) is 21.8. The molecule has 18 rings (SSSR count). The monoisotopic (exact) mass is 1750 g/mol. The molecule has 11 N–H and O–H groups in total. The maximum absolute atomic E-state index is 14.1. The lowest BCUT2D eigenvalue weighted by atomic mass is 9.91. The number of carbonyl (C=O) groups excluding carboxylic acids is 6. The number of ether oxygens (including phenoxy) is 2. The normalized spacial score (nSPS) is 10.6. The molecule has 0 aliphatic rings. The highest BCUT2D eigenvalue weighted by Gasteiger charge is 2.23. The van der Waals surface area contributed by atoms with Gasteiger partial charge in [0, 0.05) is 32.2 Å². The van der Waals surface area contributed by atoms with E-state index in [1.54, 1.807) is 48.5 Å². The Morgan fingerprint density at radius 3 is 1.20 bits per heavy atom. The van der Waals surface area contributed by atoms with Gasteiger partial charge in [-0.05, 0) is 216 Å². The van der Waals surface area contributed by atoms with Gasteiger partial charge in [-0.2, -0.15) is 0 Å². The minimum atomic E-state index is -0.751. The number of fused-ring (bicyclic) bond motifs is 6. The molecule has 17 nitrogen and oxygen atoms in total. The van der Waals surface area contributed by atoms with Crippen molar-refractivity contribution < 1.29 is 56.5 Å². The zero-order valence-corrected chi connectivity index (χ0v) is 71.4. The Morgan fingerprint density at radius 1 is 0.389 bits per heavy atom. The van der Waals surface area contributed by atoms with Gasteiger partial charge in [-0.25, -0.2) is 13.2 Å². The highest BCUT2D eigenvalue weighted by molar-refractivity contribution is 6.31. The molecule has 21 heteroatoms. The Hall–Kier alpha value is -16.8. The van der Waals surface area contributed by atoms with Crippen LogP contribution in [0, 0.1) is 36.7 Å². The van der Waals surface area contributed by atoms with E-state index >= 15 is 0 Å². The molecule has 0 unspecified atom stereocenters. The number of azide groups is 1. The lowest BCUT2D eigenvalue weighted by molar-refractivity contribution is 0.0898. The van der Waals surface area contributed by atoms with E-state index in [0.717, 1.165) is 126 Å². The smallest absolute Gasteiger partial charge is 0.252 e. The predicted molar refractivity (Wildman–Crippen MR) is 518 cm³/mol. The van der Waals surface area contributed by atoms with Crippen LogP contribution in [-0.4, -0.2) is 66.8 Å². The standard InChI is InChI=1S/C21H17NO2.C19H16N4O2.C18H14FNO.C18H13FO2.C17H12ClNO.C17H12FNO/c1-2-12-24-14-15-10-11-19(20(13-15)21(22)23)18-9-5-7-16-6-3-4-8-17(16)18;20-19(24)18-12-14(25-11-10-22-23-21)8-9-17(18)16-7-3-5-13-4-1-2-6-15(13)16;1-11-9-10-15(19)17(18(20)21)16(11)14-8-4-6-12-5-2-3-7-13(12)14;19-16-10-4-9-15(18(16)17(21)11-20)14-8-3-6-12-5-1-2-7-13(12)14;18-12-8-9-15(16(10-12)17(19)20)14-7-3-5-11-4-1-2-6-13(11)14;18-12-8-9-15(17(19)20)16(10-12)14-7-3-5-11-4-1-2-6-13(11)14/h1,3-11,13H,12,14H2,(H2,22,23);1-9,12H,10-11H2,(H2,20,24);2-10H,1H3,(H2,20,21);1-10,20H,11H2;2*1-10H,(H2,19,20). The molecule has 0 radical (unpaired) electrons. The maximum Gasteiger partial charge on any atom is 0.252 e. The number of amides is 5. The third-order valence-electron chi connectivity index (χ3n) is 21.6. The van der Waals surface area contributed by atoms with Crippen molar-refractivity contribution >= 4 is 112 Å². The Labute approximate surface area is 757 Å². The quantitative estimate of drug-likeness (QED) is 0.0105. The van der Waals surface area contributed by atoms with Gasteiger partial charge < -0.3 is 43.2 Å². The van der Waals surface area contributed by atoms with Crippen molar-refractivity contribution in [3.05, 3.63) is 435 Å². The molecule has 0 saturated heterocycles. The summed E-state index contributed by atoms with van der Waals surface area (Å²) < 4.78 is 52.5. The number of rotatable bonds is 20. The summed E-state index contributed by atoms with van der Waals surface area (Å²) in [5, 5.41) is 25.5. The summed E-state index contributed by atoms with van der Waals surface area (Å²) in [4.78, 5) is 73.3. The Kier molecular flexibility index (Phi) is 30.5. The van der Waals surface area contributed by atoms with Gasteiger partial charge in [0.25, 0.3) is 5.91 Å². The molecule has 5 amide bonds. The molecule has 0 aliphatic carbocycles. The van der Waals surface area contributed by atoms with Gasteiger partial charge in [0.1, 0.15) is 36.4 Å². The lowest BCUT2D eigenvalue weighted by Crippen LogP contribution is -2.15. The van der Waals surface area contributed by atoms with Crippen LogP contribution in [0.1, 0.15) is 73.3 Å². The number of ketones is 1. The number of hydrogen-bond acceptors (Lipinski definition) is 10. The Bertz CT molecular complexity index is 7470. The number of Topliss-reactive ketones (excluding diaryl/α,β-unsaturated/α-hetero) is 1. The van der Waals surface area contributed by atoms with Crippen LogP contribution in [-0.2, 0) is 11.3 Å². The maximum atomic E-state index is 14.1. The summed E-state index contributed by atoms with van der Waals surface area (Å²) in [5.41, 5.74) is 48.2. The Morgan fingerprint density at radius 2 is 0.763 bits per heavy atom. The molecule has 646 valence electrons. The fourth-order valence-electron chi connectivity index (χ4n) is 15.7. The topological polar surface area (TPSA) is 320 Å². The van der Waals surface area contributed by atoms with Crippen molar-refractivity contribution in [1.29, 1.82) is 0 Å². The molecular formula is C110H84ClF3N8O9. The third-order valence-corrected chi connectivity index (χ3v) is 21.8. The van der Waals surface area contributed by atoms with Crippen LogP contribution in [0.15, 0.2) is 363 Å². The first kappa shape index (κ1) is 91.9. The fraction of sp³-hybridized carbons (Fsp3) is 0.0545. The number of primary amides is 5. The number of aryl methyl sites for hydroxylation is 1. The van der Waals surface area contributed by atoms with Crippen LogP contribution >= 0.6 is 11.6 Å². The van der Waals surface area contributed by atoms with E-state index in [1.807, 2.05) is 286 Å². The number of benzene rings is 18. The van der Waals surface area contributed by atoms with Crippen molar-refractivity contribution in [2.75, 3.05) is 26.4 Å².